The Labute approximate surface area is 206 Å². The Balaban J connectivity index is 1.68. The van der Waals surface area contributed by atoms with Crippen molar-refractivity contribution in [3.8, 4) is 11.5 Å². The summed E-state index contributed by atoms with van der Waals surface area (Å²) in [6.07, 6.45) is -0.902. The van der Waals surface area contributed by atoms with Gasteiger partial charge in [0, 0.05) is 33.7 Å². The van der Waals surface area contributed by atoms with Crippen LogP contribution >= 0.6 is 23.2 Å². The number of alkyl halides is 3. The van der Waals surface area contributed by atoms with Crippen LogP contribution in [0, 0.1) is 0 Å². The monoisotopic (exact) mass is 516 g/mol. The summed E-state index contributed by atoms with van der Waals surface area (Å²) in [7, 11) is 0. The Morgan fingerprint density at radius 1 is 1.06 bits per heavy atom. The highest BCUT2D eigenvalue weighted by Crippen LogP contribution is 2.40. The van der Waals surface area contributed by atoms with Crippen molar-refractivity contribution in [1.29, 1.82) is 0 Å². The van der Waals surface area contributed by atoms with Gasteiger partial charge < -0.3 is 8.98 Å². The third kappa shape index (κ3) is 4.28. The summed E-state index contributed by atoms with van der Waals surface area (Å²) >= 11 is 12.2. The minimum Gasteiger partial charge on any atom is -0.432 e. The Hall–Kier alpha value is -3.69. The molecule has 3 heterocycles. The van der Waals surface area contributed by atoms with E-state index in [0.717, 1.165) is 4.57 Å². The van der Waals surface area contributed by atoms with Gasteiger partial charge in [-0.15, -0.1) is 0 Å². The Morgan fingerprint density at radius 3 is 2.57 bits per heavy atom. The maximum atomic E-state index is 14.5. The predicted octanol–water partition coefficient (Wildman–Crippen LogP) is 6.69. The lowest BCUT2D eigenvalue weighted by Gasteiger charge is -2.15. The molecule has 0 fully saturated rings. The van der Waals surface area contributed by atoms with Gasteiger partial charge in [0.15, 0.2) is 5.76 Å². The van der Waals surface area contributed by atoms with Crippen LogP contribution in [0.4, 0.5) is 13.2 Å². The van der Waals surface area contributed by atoms with Gasteiger partial charge in [0.1, 0.15) is 17.7 Å². The molecule has 0 amide bonds. The van der Waals surface area contributed by atoms with Crippen LogP contribution in [-0.4, -0.2) is 25.3 Å². The SMILES string of the molecule is O=C(c1ncc(-c2ccncn2)o1)c1c(C(F)(F)F)n(Cc2ccc(Cl)cc2Cl)c2ccccc12. The maximum Gasteiger partial charge on any atom is 0.432 e. The van der Waals surface area contributed by atoms with Crippen molar-refractivity contribution in [2.24, 2.45) is 0 Å². The number of para-hydroxylation sites is 1. The highest BCUT2D eigenvalue weighted by molar-refractivity contribution is 6.35. The first-order valence-electron chi connectivity index (χ1n) is 10.1. The standard InChI is InChI=1S/C24H13Cl2F3N4O2/c25-14-6-5-13(16(26)9-14)11-33-18-4-2-1-3-15(18)20(22(33)24(27,28)29)21(34)23-31-10-19(35-23)17-7-8-30-12-32-17/h1-10,12H,11H2. The Morgan fingerprint density at radius 2 is 1.86 bits per heavy atom. The number of halogens is 5. The zero-order chi connectivity index (χ0) is 24.7. The number of hydrogen-bond donors (Lipinski definition) is 0. The van der Waals surface area contributed by atoms with Gasteiger partial charge in [0.2, 0.25) is 0 Å². The molecule has 0 saturated heterocycles. The smallest absolute Gasteiger partial charge is 0.432 e. The molecule has 0 N–H and O–H groups in total. The van der Waals surface area contributed by atoms with Crippen molar-refractivity contribution in [1.82, 2.24) is 19.5 Å². The minimum atomic E-state index is -4.87. The average Bonchev–Trinajstić information content (AvgIpc) is 3.45. The van der Waals surface area contributed by atoms with Gasteiger partial charge in [-0.1, -0.05) is 47.5 Å². The molecule has 0 spiro atoms. The molecular formula is C24H13Cl2F3N4O2. The van der Waals surface area contributed by atoms with Gasteiger partial charge in [-0.25, -0.2) is 15.0 Å². The van der Waals surface area contributed by atoms with Crippen LogP contribution in [0.1, 0.15) is 27.5 Å². The second kappa shape index (κ2) is 8.83. The number of hydrogen-bond acceptors (Lipinski definition) is 5. The molecular weight excluding hydrogens is 504 g/mol. The van der Waals surface area contributed by atoms with Gasteiger partial charge in [-0.3, -0.25) is 4.79 Å². The van der Waals surface area contributed by atoms with Crippen LogP contribution in [0.2, 0.25) is 10.0 Å². The van der Waals surface area contributed by atoms with Crippen LogP contribution in [-0.2, 0) is 12.7 Å². The molecule has 0 aliphatic heterocycles. The number of fused-ring (bicyclic) bond motifs is 1. The molecule has 0 unspecified atom stereocenters. The molecule has 0 aliphatic carbocycles. The van der Waals surface area contributed by atoms with E-state index in [1.807, 2.05) is 0 Å². The molecule has 0 atom stereocenters. The number of aromatic nitrogens is 4. The normalized spacial score (nSPS) is 11.8. The molecule has 0 saturated carbocycles. The second-order valence-corrected chi connectivity index (χ2v) is 8.36. The second-order valence-electron chi connectivity index (χ2n) is 7.51. The van der Waals surface area contributed by atoms with Gasteiger partial charge in [-0.2, -0.15) is 13.2 Å². The van der Waals surface area contributed by atoms with E-state index in [1.165, 1.54) is 49.1 Å². The van der Waals surface area contributed by atoms with Crippen LogP contribution in [0.3, 0.4) is 0 Å². The summed E-state index contributed by atoms with van der Waals surface area (Å²) in [5, 5.41) is 0.668. The zero-order valence-corrected chi connectivity index (χ0v) is 19.1. The number of nitrogens with zero attached hydrogens (tertiary/aromatic N) is 4. The number of rotatable bonds is 5. The zero-order valence-electron chi connectivity index (χ0n) is 17.6. The third-order valence-electron chi connectivity index (χ3n) is 5.34. The van der Waals surface area contributed by atoms with Crippen LogP contribution in [0.15, 0.2) is 71.7 Å². The van der Waals surface area contributed by atoms with E-state index in [0.29, 0.717) is 16.3 Å². The minimum absolute atomic E-state index is 0.108. The molecule has 0 radical (unpaired) electrons. The molecule has 0 bridgehead atoms. The summed E-state index contributed by atoms with van der Waals surface area (Å²) in [5.41, 5.74) is -0.742. The van der Waals surface area contributed by atoms with Crippen molar-refractivity contribution in [3.05, 3.63) is 100 Å². The maximum absolute atomic E-state index is 14.5. The summed E-state index contributed by atoms with van der Waals surface area (Å²) in [6.45, 7) is -0.240. The molecule has 11 heteroatoms. The number of benzene rings is 2. The van der Waals surface area contributed by atoms with E-state index in [1.54, 1.807) is 18.2 Å². The highest BCUT2D eigenvalue weighted by Gasteiger charge is 2.42. The molecule has 6 nitrogen and oxygen atoms in total. The quantitative estimate of drug-likeness (QED) is 0.243. The third-order valence-corrected chi connectivity index (χ3v) is 5.93. The summed E-state index contributed by atoms with van der Waals surface area (Å²) in [6, 6.07) is 12.2. The Kier molecular flexibility index (Phi) is 5.82. The van der Waals surface area contributed by atoms with E-state index in [4.69, 9.17) is 27.6 Å². The van der Waals surface area contributed by atoms with Gasteiger partial charge in [-0.05, 0) is 29.8 Å². The molecule has 176 valence electrons. The first kappa shape index (κ1) is 23.1. The first-order valence-corrected chi connectivity index (χ1v) is 10.9. The number of ketones is 1. The lowest BCUT2D eigenvalue weighted by molar-refractivity contribution is -0.143. The lowest BCUT2D eigenvalue weighted by atomic mass is 10.1. The molecule has 5 aromatic rings. The fraction of sp³-hybridized carbons (Fsp3) is 0.0833. The largest absolute Gasteiger partial charge is 0.432 e. The van der Waals surface area contributed by atoms with Crippen molar-refractivity contribution < 1.29 is 22.4 Å². The summed E-state index contributed by atoms with van der Waals surface area (Å²) in [4.78, 5) is 25.1. The average molecular weight is 517 g/mol. The molecule has 35 heavy (non-hydrogen) atoms. The van der Waals surface area contributed by atoms with E-state index < -0.39 is 29.1 Å². The molecule has 2 aromatic carbocycles. The number of carbonyl (C=O) groups excluding carboxylic acids is 1. The van der Waals surface area contributed by atoms with E-state index in [2.05, 4.69) is 15.0 Å². The van der Waals surface area contributed by atoms with Crippen LogP contribution < -0.4 is 0 Å². The van der Waals surface area contributed by atoms with E-state index in [9.17, 15) is 18.0 Å². The molecule has 5 rings (SSSR count). The lowest BCUT2D eigenvalue weighted by Crippen LogP contribution is -2.19. The molecule has 3 aromatic heterocycles. The fourth-order valence-corrected chi connectivity index (χ4v) is 4.32. The van der Waals surface area contributed by atoms with Crippen LogP contribution in [0.25, 0.3) is 22.4 Å². The van der Waals surface area contributed by atoms with Crippen molar-refractivity contribution >= 4 is 39.9 Å². The summed E-state index contributed by atoms with van der Waals surface area (Å²) < 4.78 is 49.9. The predicted molar refractivity (Wildman–Crippen MR) is 123 cm³/mol. The van der Waals surface area contributed by atoms with E-state index >= 15 is 0 Å². The topological polar surface area (TPSA) is 73.8 Å². The fourth-order valence-electron chi connectivity index (χ4n) is 3.85. The highest BCUT2D eigenvalue weighted by atomic mass is 35.5. The Bertz CT molecular complexity index is 1560. The number of oxazole rings is 1. The van der Waals surface area contributed by atoms with Crippen molar-refractivity contribution in [2.45, 2.75) is 12.7 Å². The van der Waals surface area contributed by atoms with Crippen molar-refractivity contribution in [3.63, 3.8) is 0 Å². The summed E-state index contributed by atoms with van der Waals surface area (Å²) in [5.74, 6) is -1.37. The van der Waals surface area contributed by atoms with Gasteiger partial charge in [0.05, 0.1) is 11.8 Å². The van der Waals surface area contributed by atoms with E-state index in [-0.39, 0.29) is 28.2 Å². The van der Waals surface area contributed by atoms with Crippen molar-refractivity contribution in [2.75, 3.05) is 0 Å². The molecule has 0 aliphatic rings. The van der Waals surface area contributed by atoms with Gasteiger partial charge >= 0.3 is 6.18 Å². The first-order chi connectivity index (χ1) is 16.7. The number of carbonyl (C=O) groups is 1. The van der Waals surface area contributed by atoms with Gasteiger partial charge in [0.25, 0.3) is 11.7 Å². The van der Waals surface area contributed by atoms with Crippen LogP contribution in [0.5, 0.6) is 0 Å².